The highest BCUT2D eigenvalue weighted by molar-refractivity contribution is 6.32. The van der Waals surface area contributed by atoms with E-state index in [1.807, 2.05) is 18.3 Å². The molecule has 4 nitrogen and oxygen atoms in total. The summed E-state index contributed by atoms with van der Waals surface area (Å²) >= 11 is 6.24. The summed E-state index contributed by atoms with van der Waals surface area (Å²) < 4.78 is 1.72. The summed E-state index contributed by atoms with van der Waals surface area (Å²) in [6.07, 6.45) is 6.87. The number of hydrogen-bond donors (Lipinski definition) is 1. The molecule has 0 unspecified atom stereocenters. The SMILES string of the molecule is O=C(O)/C=C/c1cccc(Cl)c1-n1ccc(C2CC2)n1. The van der Waals surface area contributed by atoms with Crippen molar-refractivity contribution in [2.45, 2.75) is 18.8 Å². The van der Waals surface area contributed by atoms with Gasteiger partial charge in [-0.05, 0) is 31.1 Å². The Kier molecular flexibility index (Phi) is 3.32. The molecule has 1 aliphatic carbocycles. The normalized spacial score (nSPS) is 14.8. The summed E-state index contributed by atoms with van der Waals surface area (Å²) in [5, 5.41) is 13.8. The monoisotopic (exact) mass is 288 g/mol. The fraction of sp³-hybridized carbons (Fsp3) is 0.200. The number of aliphatic carboxylic acids is 1. The molecule has 0 bridgehead atoms. The van der Waals surface area contributed by atoms with Crippen molar-refractivity contribution in [2.75, 3.05) is 0 Å². The van der Waals surface area contributed by atoms with Crippen molar-refractivity contribution in [3.05, 3.63) is 52.8 Å². The fourth-order valence-corrected chi connectivity index (χ4v) is 2.40. The van der Waals surface area contributed by atoms with Crippen LogP contribution in [0, 0.1) is 0 Å². The number of nitrogens with zero attached hydrogens (tertiary/aromatic N) is 2. The van der Waals surface area contributed by atoms with Gasteiger partial charge in [-0.15, -0.1) is 0 Å². The molecule has 0 spiro atoms. The van der Waals surface area contributed by atoms with Crippen LogP contribution in [0.3, 0.4) is 0 Å². The van der Waals surface area contributed by atoms with Crippen molar-refractivity contribution in [3.63, 3.8) is 0 Å². The quantitative estimate of drug-likeness (QED) is 0.876. The molecule has 0 saturated heterocycles. The van der Waals surface area contributed by atoms with E-state index >= 15 is 0 Å². The van der Waals surface area contributed by atoms with E-state index in [1.54, 1.807) is 16.8 Å². The van der Waals surface area contributed by atoms with Gasteiger partial charge >= 0.3 is 5.97 Å². The van der Waals surface area contributed by atoms with Crippen molar-refractivity contribution in [3.8, 4) is 5.69 Å². The van der Waals surface area contributed by atoms with Crippen LogP contribution in [0.2, 0.25) is 5.02 Å². The van der Waals surface area contributed by atoms with Gasteiger partial charge in [0.15, 0.2) is 0 Å². The lowest BCUT2D eigenvalue weighted by atomic mass is 10.1. The minimum atomic E-state index is -0.991. The van der Waals surface area contributed by atoms with Crippen LogP contribution in [0.5, 0.6) is 0 Å². The van der Waals surface area contributed by atoms with E-state index in [4.69, 9.17) is 16.7 Å². The average molecular weight is 289 g/mol. The highest BCUT2D eigenvalue weighted by atomic mass is 35.5. The Morgan fingerprint density at radius 2 is 2.20 bits per heavy atom. The largest absolute Gasteiger partial charge is 0.478 e. The summed E-state index contributed by atoms with van der Waals surface area (Å²) in [5.74, 6) is -0.424. The molecule has 1 aliphatic rings. The van der Waals surface area contributed by atoms with E-state index in [1.165, 1.54) is 18.9 Å². The second kappa shape index (κ2) is 5.13. The van der Waals surface area contributed by atoms with Crippen LogP contribution in [0.25, 0.3) is 11.8 Å². The number of hydrogen-bond acceptors (Lipinski definition) is 2. The maximum atomic E-state index is 10.7. The Morgan fingerprint density at radius 3 is 2.90 bits per heavy atom. The van der Waals surface area contributed by atoms with Gasteiger partial charge < -0.3 is 5.11 Å². The van der Waals surface area contributed by atoms with Gasteiger partial charge in [0.2, 0.25) is 0 Å². The smallest absolute Gasteiger partial charge is 0.328 e. The van der Waals surface area contributed by atoms with E-state index in [9.17, 15) is 4.79 Å². The predicted molar refractivity (Wildman–Crippen MR) is 77.2 cm³/mol. The maximum Gasteiger partial charge on any atom is 0.328 e. The van der Waals surface area contributed by atoms with Crippen LogP contribution < -0.4 is 0 Å². The highest BCUT2D eigenvalue weighted by Crippen LogP contribution is 2.39. The molecule has 0 aliphatic heterocycles. The van der Waals surface area contributed by atoms with E-state index in [-0.39, 0.29) is 0 Å². The first-order valence-electron chi connectivity index (χ1n) is 6.40. The van der Waals surface area contributed by atoms with E-state index in [2.05, 4.69) is 5.10 Å². The van der Waals surface area contributed by atoms with Crippen LogP contribution in [0.1, 0.15) is 30.0 Å². The van der Waals surface area contributed by atoms with Gasteiger partial charge in [0.1, 0.15) is 0 Å². The lowest BCUT2D eigenvalue weighted by molar-refractivity contribution is -0.131. The van der Waals surface area contributed by atoms with Crippen molar-refractivity contribution in [1.29, 1.82) is 0 Å². The third-order valence-electron chi connectivity index (χ3n) is 3.26. The second-order valence-electron chi connectivity index (χ2n) is 4.81. The number of carboxylic acids is 1. The van der Waals surface area contributed by atoms with Crippen molar-refractivity contribution in [1.82, 2.24) is 9.78 Å². The number of rotatable bonds is 4. The van der Waals surface area contributed by atoms with Gasteiger partial charge in [-0.1, -0.05) is 23.7 Å². The third kappa shape index (κ3) is 2.60. The number of aromatic nitrogens is 2. The molecule has 0 radical (unpaired) electrons. The van der Waals surface area contributed by atoms with E-state index in [0.717, 1.165) is 17.3 Å². The molecule has 1 N–H and O–H groups in total. The lowest BCUT2D eigenvalue weighted by Crippen LogP contribution is -2.00. The minimum Gasteiger partial charge on any atom is -0.478 e. The van der Waals surface area contributed by atoms with Gasteiger partial charge in [-0.2, -0.15) is 5.10 Å². The average Bonchev–Trinajstić information content (AvgIpc) is 3.15. The number of carboxylic acid groups (broad SMARTS) is 1. The molecular formula is C15H13ClN2O2. The summed E-state index contributed by atoms with van der Waals surface area (Å²) in [7, 11) is 0. The van der Waals surface area contributed by atoms with Crippen molar-refractivity contribution < 1.29 is 9.90 Å². The molecule has 1 aromatic heterocycles. The predicted octanol–water partition coefficient (Wildman–Crippen LogP) is 3.50. The minimum absolute atomic E-state index is 0.544. The molecule has 0 atom stereocenters. The van der Waals surface area contributed by atoms with Crippen LogP contribution in [-0.4, -0.2) is 20.9 Å². The Morgan fingerprint density at radius 1 is 1.40 bits per heavy atom. The molecule has 1 aromatic carbocycles. The van der Waals surface area contributed by atoms with Crippen molar-refractivity contribution in [2.24, 2.45) is 0 Å². The number of para-hydroxylation sites is 1. The number of carbonyl (C=O) groups is 1. The molecule has 2 aromatic rings. The zero-order valence-corrected chi connectivity index (χ0v) is 11.4. The lowest BCUT2D eigenvalue weighted by Gasteiger charge is -2.08. The van der Waals surface area contributed by atoms with Gasteiger partial charge in [-0.3, -0.25) is 0 Å². The molecule has 20 heavy (non-hydrogen) atoms. The molecular weight excluding hydrogens is 276 g/mol. The Balaban J connectivity index is 2.03. The zero-order chi connectivity index (χ0) is 14.1. The van der Waals surface area contributed by atoms with Crippen LogP contribution in [0.15, 0.2) is 36.5 Å². The van der Waals surface area contributed by atoms with E-state index < -0.39 is 5.97 Å². The molecule has 5 heteroatoms. The van der Waals surface area contributed by atoms with Gasteiger partial charge in [0.25, 0.3) is 0 Å². The topological polar surface area (TPSA) is 55.1 Å². The van der Waals surface area contributed by atoms with Crippen LogP contribution >= 0.6 is 11.6 Å². The van der Waals surface area contributed by atoms with Gasteiger partial charge in [0, 0.05) is 23.8 Å². The van der Waals surface area contributed by atoms with Gasteiger partial charge in [0.05, 0.1) is 16.4 Å². The molecule has 0 amide bonds. The van der Waals surface area contributed by atoms with Crippen LogP contribution in [0.4, 0.5) is 0 Å². The van der Waals surface area contributed by atoms with E-state index in [0.29, 0.717) is 16.6 Å². The first kappa shape index (κ1) is 12.9. The standard InChI is InChI=1S/C15H13ClN2O2/c16-12-3-1-2-11(6-7-14(19)20)15(12)18-9-8-13(17-18)10-4-5-10/h1-3,6-10H,4-5H2,(H,19,20)/b7-6+. The summed E-state index contributed by atoms with van der Waals surface area (Å²) in [6.45, 7) is 0. The zero-order valence-electron chi connectivity index (χ0n) is 10.7. The summed E-state index contributed by atoms with van der Waals surface area (Å²) in [5.41, 5.74) is 2.50. The molecule has 1 saturated carbocycles. The fourth-order valence-electron chi connectivity index (χ4n) is 2.13. The Hall–Kier alpha value is -2.07. The molecule has 1 heterocycles. The van der Waals surface area contributed by atoms with Crippen LogP contribution in [-0.2, 0) is 4.79 Å². The first-order chi connectivity index (χ1) is 9.65. The molecule has 3 rings (SSSR count). The second-order valence-corrected chi connectivity index (χ2v) is 5.22. The number of halogens is 1. The molecule has 102 valence electrons. The Labute approximate surface area is 121 Å². The maximum absolute atomic E-state index is 10.7. The highest BCUT2D eigenvalue weighted by Gasteiger charge is 2.26. The summed E-state index contributed by atoms with van der Waals surface area (Å²) in [6, 6.07) is 7.37. The summed E-state index contributed by atoms with van der Waals surface area (Å²) in [4.78, 5) is 10.7. The third-order valence-corrected chi connectivity index (χ3v) is 3.56. The van der Waals surface area contributed by atoms with Gasteiger partial charge in [-0.25, -0.2) is 9.48 Å². The van der Waals surface area contributed by atoms with Crippen molar-refractivity contribution >= 4 is 23.6 Å². The first-order valence-corrected chi connectivity index (χ1v) is 6.78. The molecule has 1 fully saturated rings. The Bertz CT molecular complexity index is 687. The number of benzene rings is 1.